The van der Waals surface area contributed by atoms with Crippen molar-refractivity contribution in [3.8, 4) is 0 Å². The van der Waals surface area contributed by atoms with Crippen molar-refractivity contribution in [3.63, 3.8) is 0 Å². The van der Waals surface area contributed by atoms with Gasteiger partial charge in [-0.3, -0.25) is 0 Å². The van der Waals surface area contributed by atoms with Crippen LogP contribution >= 0.6 is 0 Å². The SMILES string of the molecule is O[C@@H]1[C@H](COCc2ccccc2)[C@H](O)C[C@H]1O. The lowest BCUT2D eigenvalue weighted by Crippen LogP contribution is -2.31. The van der Waals surface area contributed by atoms with E-state index in [1.807, 2.05) is 30.3 Å². The highest BCUT2D eigenvalue weighted by atomic mass is 16.5. The van der Waals surface area contributed by atoms with Crippen LogP contribution in [0, 0.1) is 5.92 Å². The summed E-state index contributed by atoms with van der Waals surface area (Å²) < 4.78 is 5.46. The van der Waals surface area contributed by atoms with E-state index < -0.39 is 24.2 Å². The van der Waals surface area contributed by atoms with Gasteiger partial charge in [0.15, 0.2) is 0 Å². The highest BCUT2D eigenvalue weighted by Gasteiger charge is 2.40. The van der Waals surface area contributed by atoms with E-state index in [2.05, 4.69) is 0 Å². The smallest absolute Gasteiger partial charge is 0.0874 e. The van der Waals surface area contributed by atoms with Crippen LogP contribution in [0.1, 0.15) is 12.0 Å². The minimum absolute atomic E-state index is 0.223. The van der Waals surface area contributed by atoms with Gasteiger partial charge in [-0.1, -0.05) is 30.3 Å². The fraction of sp³-hybridized carbons (Fsp3) is 0.538. The van der Waals surface area contributed by atoms with Gasteiger partial charge in [0.2, 0.25) is 0 Å². The molecule has 0 radical (unpaired) electrons. The number of benzene rings is 1. The number of hydrogen-bond donors (Lipinski definition) is 3. The highest BCUT2D eigenvalue weighted by molar-refractivity contribution is 5.13. The van der Waals surface area contributed by atoms with E-state index in [0.29, 0.717) is 6.61 Å². The van der Waals surface area contributed by atoms with Crippen molar-refractivity contribution in [1.29, 1.82) is 0 Å². The van der Waals surface area contributed by atoms with E-state index in [1.165, 1.54) is 0 Å². The summed E-state index contributed by atoms with van der Waals surface area (Å²) in [6.07, 6.45) is -2.19. The quantitative estimate of drug-likeness (QED) is 0.706. The zero-order chi connectivity index (χ0) is 12.3. The lowest BCUT2D eigenvalue weighted by Gasteiger charge is -2.18. The first-order valence-corrected chi connectivity index (χ1v) is 5.84. The molecule has 0 spiro atoms. The van der Waals surface area contributed by atoms with Crippen LogP contribution in [0.2, 0.25) is 0 Å². The molecule has 1 fully saturated rings. The minimum atomic E-state index is -0.888. The maximum atomic E-state index is 9.64. The van der Waals surface area contributed by atoms with Crippen molar-refractivity contribution in [2.75, 3.05) is 6.61 Å². The Morgan fingerprint density at radius 2 is 1.76 bits per heavy atom. The van der Waals surface area contributed by atoms with E-state index in [1.54, 1.807) is 0 Å². The Labute approximate surface area is 100 Å². The molecule has 0 saturated heterocycles. The van der Waals surface area contributed by atoms with Crippen molar-refractivity contribution < 1.29 is 20.1 Å². The van der Waals surface area contributed by atoms with E-state index >= 15 is 0 Å². The molecule has 1 saturated carbocycles. The summed E-state index contributed by atoms with van der Waals surface area (Å²) in [5, 5.41) is 28.7. The maximum Gasteiger partial charge on any atom is 0.0874 e. The summed E-state index contributed by atoms with van der Waals surface area (Å²) in [6, 6.07) is 9.71. The van der Waals surface area contributed by atoms with Gasteiger partial charge >= 0.3 is 0 Å². The summed E-state index contributed by atoms with van der Waals surface area (Å²) in [5.74, 6) is -0.395. The van der Waals surface area contributed by atoms with E-state index in [4.69, 9.17) is 4.74 Å². The van der Waals surface area contributed by atoms with Gasteiger partial charge in [-0.25, -0.2) is 0 Å². The molecule has 17 heavy (non-hydrogen) atoms. The predicted molar refractivity (Wildman–Crippen MR) is 62.2 cm³/mol. The van der Waals surface area contributed by atoms with Crippen molar-refractivity contribution in [2.24, 2.45) is 5.92 Å². The van der Waals surface area contributed by atoms with Crippen LogP contribution in [0.3, 0.4) is 0 Å². The average molecular weight is 238 g/mol. The van der Waals surface area contributed by atoms with Crippen molar-refractivity contribution in [3.05, 3.63) is 35.9 Å². The first-order valence-electron chi connectivity index (χ1n) is 5.84. The van der Waals surface area contributed by atoms with Gasteiger partial charge in [0.1, 0.15) is 0 Å². The molecule has 4 heteroatoms. The van der Waals surface area contributed by atoms with Crippen LogP contribution in [0.5, 0.6) is 0 Å². The summed E-state index contributed by atoms with van der Waals surface area (Å²) in [4.78, 5) is 0. The van der Waals surface area contributed by atoms with Crippen LogP contribution in [-0.2, 0) is 11.3 Å². The molecule has 0 aliphatic heterocycles. The molecule has 4 atom stereocenters. The van der Waals surface area contributed by atoms with Crippen molar-refractivity contribution in [1.82, 2.24) is 0 Å². The van der Waals surface area contributed by atoms with E-state index in [-0.39, 0.29) is 13.0 Å². The Morgan fingerprint density at radius 1 is 1.06 bits per heavy atom. The molecule has 0 heterocycles. The Kier molecular flexibility index (Phi) is 4.12. The lowest BCUT2D eigenvalue weighted by atomic mass is 10.1. The van der Waals surface area contributed by atoms with Crippen LogP contribution in [0.15, 0.2) is 30.3 Å². The molecule has 1 aliphatic rings. The highest BCUT2D eigenvalue weighted by Crippen LogP contribution is 2.27. The second-order valence-electron chi connectivity index (χ2n) is 4.53. The first kappa shape index (κ1) is 12.5. The fourth-order valence-corrected chi connectivity index (χ4v) is 2.17. The molecule has 2 rings (SSSR count). The third kappa shape index (κ3) is 3.04. The molecule has 0 unspecified atom stereocenters. The molecule has 4 nitrogen and oxygen atoms in total. The number of hydrogen-bond acceptors (Lipinski definition) is 4. The zero-order valence-electron chi connectivity index (χ0n) is 9.57. The summed E-state index contributed by atoms with van der Waals surface area (Å²) in [6.45, 7) is 0.709. The van der Waals surface area contributed by atoms with Gasteiger partial charge in [-0.15, -0.1) is 0 Å². The van der Waals surface area contributed by atoms with E-state index in [9.17, 15) is 15.3 Å². The van der Waals surface area contributed by atoms with Crippen LogP contribution in [-0.4, -0.2) is 40.2 Å². The Bertz CT molecular complexity index is 341. The zero-order valence-corrected chi connectivity index (χ0v) is 9.57. The van der Waals surface area contributed by atoms with Crippen LogP contribution < -0.4 is 0 Å². The van der Waals surface area contributed by atoms with Crippen molar-refractivity contribution >= 4 is 0 Å². The predicted octanol–water partition coefficient (Wildman–Crippen LogP) is 0.306. The average Bonchev–Trinajstić information content (AvgIpc) is 2.57. The van der Waals surface area contributed by atoms with Gasteiger partial charge in [-0.2, -0.15) is 0 Å². The molecule has 0 aromatic heterocycles. The summed E-state index contributed by atoms with van der Waals surface area (Å²) >= 11 is 0. The minimum Gasteiger partial charge on any atom is -0.393 e. The third-order valence-corrected chi connectivity index (χ3v) is 3.23. The monoisotopic (exact) mass is 238 g/mol. The summed E-state index contributed by atoms with van der Waals surface area (Å²) in [5.41, 5.74) is 1.05. The van der Waals surface area contributed by atoms with Gasteiger partial charge < -0.3 is 20.1 Å². The van der Waals surface area contributed by atoms with Gasteiger partial charge in [-0.05, 0) is 5.56 Å². The topological polar surface area (TPSA) is 69.9 Å². The second-order valence-corrected chi connectivity index (χ2v) is 4.53. The van der Waals surface area contributed by atoms with E-state index in [0.717, 1.165) is 5.56 Å². The number of aliphatic hydroxyl groups is 3. The second kappa shape index (κ2) is 5.60. The molecular weight excluding hydrogens is 220 g/mol. The lowest BCUT2D eigenvalue weighted by molar-refractivity contribution is -0.0286. The first-order chi connectivity index (χ1) is 8.18. The molecule has 1 aromatic carbocycles. The van der Waals surface area contributed by atoms with Crippen LogP contribution in [0.4, 0.5) is 0 Å². The fourth-order valence-electron chi connectivity index (χ4n) is 2.17. The maximum absolute atomic E-state index is 9.64. The number of rotatable bonds is 4. The summed E-state index contributed by atoms with van der Waals surface area (Å²) in [7, 11) is 0. The molecule has 94 valence electrons. The third-order valence-electron chi connectivity index (χ3n) is 3.23. The Balaban J connectivity index is 1.79. The molecule has 0 bridgehead atoms. The van der Waals surface area contributed by atoms with Gasteiger partial charge in [0.25, 0.3) is 0 Å². The Hall–Kier alpha value is -0.940. The molecule has 0 amide bonds. The number of ether oxygens (including phenoxy) is 1. The largest absolute Gasteiger partial charge is 0.393 e. The molecule has 3 N–H and O–H groups in total. The standard InChI is InChI=1S/C13H18O4/c14-11-6-12(15)13(16)10(11)8-17-7-9-4-2-1-3-5-9/h1-5,10-16H,6-8H2/t10-,11-,12-,13-/m1/s1. The molecular formula is C13H18O4. The van der Waals surface area contributed by atoms with Gasteiger partial charge in [0, 0.05) is 12.3 Å². The van der Waals surface area contributed by atoms with Crippen molar-refractivity contribution in [2.45, 2.75) is 31.3 Å². The normalized spacial score (nSPS) is 32.9. The molecule has 1 aliphatic carbocycles. The number of aliphatic hydroxyl groups excluding tert-OH is 3. The Morgan fingerprint density at radius 3 is 2.35 bits per heavy atom. The van der Waals surface area contributed by atoms with Gasteiger partial charge in [0.05, 0.1) is 31.5 Å². The molecule has 1 aromatic rings. The van der Waals surface area contributed by atoms with Crippen LogP contribution in [0.25, 0.3) is 0 Å².